The van der Waals surface area contributed by atoms with Gasteiger partial charge in [0.2, 0.25) is 5.91 Å². The number of carbonyl (C=O) groups excluding carboxylic acids is 2. The first-order valence-electron chi connectivity index (χ1n) is 9.39. The summed E-state index contributed by atoms with van der Waals surface area (Å²) in [4.78, 5) is 37.9. The maximum Gasteiger partial charge on any atom is 0.410 e. The van der Waals surface area contributed by atoms with Crippen LogP contribution >= 0.6 is 0 Å². The molecule has 0 fully saturated rings. The number of nitrogens with one attached hydrogen (secondary N) is 1. The van der Waals surface area contributed by atoms with Crippen molar-refractivity contribution in [1.29, 1.82) is 0 Å². The molecule has 0 bridgehead atoms. The number of benzene rings is 1. The molecule has 1 aromatic heterocycles. The smallest absolute Gasteiger partial charge is 0.410 e. The lowest BCUT2D eigenvalue weighted by atomic mass is 10.1. The zero-order chi connectivity index (χ0) is 19.9. The lowest BCUT2D eigenvalue weighted by Crippen LogP contribution is -2.40. The summed E-state index contributed by atoms with van der Waals surface area (Å²) >= 11 is 0. The van der Waals surface area contributed by atoms with Gasteiger partial charge in [-0.3, -0.25) is 9.59 Å². The largest absolute Gasteiger partial charge is 0.450 e. The standard InChI is InChI=1S/C20H24N4O4/c1-2-28-20(27)23-11-9-17-16(13-23)12-19(26)24(22-17)14-18(25)21-10-8-15-6-4-3-5-7-15/h3-7,12H,2,8-11,13-14H2,1H3,(H,21,25). The summed E-state index contributed by atoms with van der Waals surface area (Å²) in [7, 11) is 0. The van der Waals surface area contributed by atoms with E-state index in [0.717, 1.165) is 17.7 Å². The Morgan fingerprint density at radius 3 is 2.79 bits per heavy atom. The van der Waals surface area contributed by atoms with Crippen molar-refractivity contribution in [2.75, 3.05) is 19.7 Å². The van der Waals surface area contributed by atoms with E-state index in [9.17, 15) is 14.4 Å². The van der Waals surface area contributed by atoms with E-state index in [1.54, 1.807) is 11.8 Å². The molecule has 1 N–H and O–H groups in total. The molecule has 0 saturated carbocycles. The Bertz CT molecular complexity index is 895. The van der Waals surface area contributed by atoms with E-state index in [4.69, 9.17) is 4.74 Å². The van der Waals surface area contributed by atoms with Gasteiger partial charge in [-0.05, 0) is 18.9 Å². The minimum absolute atomic E-state index is 0.123. The van der Waals surface area contributed by atoms with Crippen molar-refractivity contribution in [3.05, 3.63) is 63.6 Å². The van der Waals surface area contributed by atoms with Gasteiger partial charge in [-0.1, -0.05) is 30.3 Å². The average Bonchev–Trinajstić information content (AvgIpc) is 2.69. The van der Waals surface area contributed by atoms with Crippen LogP contribution in [0.2, 0.25) is 0 Å². The minimum Gasteiger partial charge on any atom is -0.450 e. The predicted molar refractivity (Wildman–Crippen MR) is 103 cm³/mol. The van der Waals surface area contributed by atoms with Gasteiger partial charge in [-0.2, -0.15) is 5.10 Å². The van der Waals surface area contributed by atoms with Crippen LogP contribution in [0.15, 0.2) is 41.2 Å². The second-order valence-corrected chi connectivity index (χ2v) is 6.57. The van der Waals surface area contributed by atoms with Crippen molar-refractivity contribution < 1.29 is 14.3 Å². The molecule has 8 heteroatoms. The van der Waals surface area contributed by atoms with Gasteiger partial charge < -0.3 is 15.0 Å². The molecule has 148 valence electrons. The number of amides is 2. The molecule has 0 radical (unpaired) electrons. The third kappa shape index (κ3) is 4.97. The molecule has 1 aliphatic rings. The van der Waals surface area contributed by atoms with E-state index in [0.29, 0.717) is 38.2 Å². The zero-order valence-electron chi connectivity index (χ0n) is 15.9. The number of aromatic nitrogens is 2. The molecular weight excluding hydrogens is 360 g/mol. The van der Waals surface area contributed by atoms with Gasteiger partial charge in [0, 0.05) is 31.1 Å². The van der Waals surface area contributed by atoms with Crippen LogP contribution in [0.25, 0.3) is 0 Å². The van der Waals surface area contributed by atoms with E-state index < -0.39 is 6.09 Å². The summed E-state index contributed by atoms with van der Waals surface area (Å²) in [6.07, 6.45) is 0.849. The minimum atomic E-state index is -0.393. The number of fused-ring (bicyclic) bond motifs is 1. The number of carbonyl (C=O) groups is 2. The van der Waals surface area contributed by atoms with Gasteiger partial charge in [-0.25, -0.2) is 9.48 Å². The van der Waals surface area contributed by atoms with Crippen molar-refractivity contribution in [3.8, 4) is 0 Å². The highest BCUT2D eigenvalue weighted by Crippen LogP contribution is 2.15. The number of nitrogens with zero attached hydrogens (tertiary/aromatic N) is 3. The molecule has 0 aliphatic carbocycles. The van der Waals surface area contributed by atoms with Crippen LogP contribution in [0.4, 0.5) is 4.79 Å². The summed E-state index contributed by atoms with van der Waals surface area (Å²) in [5, 5.41) is 7.14. The molecular formula is C20H24N4O4. The Labute approximate surface area is 163 Å². The highest BCUT2D eigenvalue weighted by Gasteiger charge is 2.23. The SMILES string of the molecule is CCOC(=O)N1CCc2nn(CC(=O)NCCc3ccccc3)c(=O)cc2C1. The van der Waals surface area contributed by atoms with Gasteiger partial charge in [0.05, 0.1) is 18.8 Å². The van der Waals surface area contributed by atoms with Gasteiger partial charge in [0.15, 0.2) is 0 Å². The van der Waals surface area contributed by atoms with Crippen molar-refractivity contribution in [3.63, 3.8) is 0 Å². The molecule has 2 aromatic rings. The molecule has 28 heavy (non-hydrogen) atoms. The van der Waals surface area contributed by atoms with Crippen molar-refractivity contribution >= 4 is 12.0 Å². The van der Waals surface area contributed by atoms with Crippen LogP contribution in [0.5, 0.6) is 0 Å². The normalized spacial score (nSPS) is 13.0. The molecule has 8 nitrogen and oxygen atoms in total. The highest BCUT2D eigenvalue weighted by atomic mass is 16.6. The first-order valence-corrected chi connectivity index (χ1v) is 9.39. The van der Waals surface area contributed by atoms with E-state index in [1.807, 2.05) is 30.3 Å². The van der Waals surface area contributed by atoms with Gasteiger partial charge >= 0.3 is 6.09 Å². The molecule has 0 unspecified atom stereocenters. The van der Waals surface area contributed by atoms with Crippen LogP contribution in [0.1, 0.15) is 23.7 Å². The Hall–Kier alpha value is -3.16. The van der Waals surface area contributed by atoms with Crippen LogP contribution < -0.4 is 10.9 Å². The molecule has 2 heterocycles. The van der Waals surface area contributed by atoms with Crippen LogP contribution in [0.3, 0.4) is 0 Å². The second-order valence-electron chi connectivity index (χ2n) is 6.57. The molecule has 0 saturated heterocycles. The van der Waals surface area contributed by atoms with Crippen LogP contribution in [-0.4, -0.2) is 46.4 Å². The summed E-state index contributed by atoms with van der Waals surface area (Å²) in [5.41, 5.74) is 2.21. The third-order valence-corrected chi connectivity index (χ3v) is 4.54. The van der Waals surface area contributed by atoms with Crippen molar-refractivity contribution in [2.45, 2.75) is 32.9 Å². The monoisotopic (exact) mass is 384 g/mol. The van der Waals surface area contributed by atoms with Gasteiger partial charge in [-0.15, -0.1) is 0 Å². The van der Waals surface area contributed by atoms with E-state index >= 15 is 0 Å². The summed E-state index contributed by atoms with van der Waals surface area (Å²) < 4.78 is 6.18. The Kier molecular flexibility index (Phi) is 6.41. The lowest BCUT2D eigenvalue weighted by Gasteiger charge is -2.27. The number of ether oxygens (including phenoxy) is 1. The molecule has 0 spiro atoms. The molecule has 2 amide bonds. The average molecular weight is 384 g/mol. The fourth-order valence-corrected chi connectivity index (χ4v) is 3.11. The molecule has 3 rings (SSSR count). The van der Waals surface area contributed by atoms with E-state index in [2.05, 4.69) is 10.4 Å². The van der Waals surface area contributed by atoms with Crippen LogP contribution in [-0.2, 0) is 35.5 Å². The lowest BCUT2D eigenvalue weighted by molar-refractivity contribution is -0.121. The number of rotatable bonds is 6. The fourth-order valence-electron chi connectivity index (χ4n) is 3.11. The van der Waals surface area contributed by atoms with Gasteiger partial charge in [0.1, 0.15) is 6.54 Å². The van der Waals surface area contributed by atoms with Crippen molar-refractivity contribution in [1.82, 2.24) is 20.0 Å². The fraction of sp³-hybridized carbons (Fsp3) is 0.400. The third-order valence-electron chi connectivity index (χ3n) is 4.54. The van der Waals surface area contributed by atoms with Crippen molar-refractivity contribution in [2.24, 2.45) is 0 Å². The molecule has 1 aliphatic heterocycles. The van der Waals surface area contributed by atoms with E-state index in [-0.39, 0.29) is 18.0 Å². The molecule has 0 atom stereocenters. The summed E-state index contributed by atoms with van der Waals surface area (Å²) in [5.74, 6) is -0.255. The second kappa shape index (κ2) is 9.16. The Morgan fingerprint density at radius 2 is 2.04 bits per heavy atom. The first kappa shape index (κ1) is 19.6. The van der Waals surface area contributed by atoms with Gasteiger partial charge in [0.25, 0.3) is 5.56 Å². The first-order chi connectivity index (χ1) is 13.6. The predicted octanol–water partition coefficient (Wildman–Crippen LogP) is 1.12. The number of hydrogen-bond acceptors (Lipinski definition) is 5. The summed E-state index contributed by atoms with van der Waals surface area (Å²) in [6.45, 7) is 3.20. The maximum absolute atomic E-state index is 12.3. The Morgan fingerprint density at radius 1 is 1.25 bits per heavy atom. The maximum atomic E-state index is 12.3. The van der Waals surface area contributed by atoms with E-state index in [1.165, 1.54) is 10.7 Å². The topological polar surface area (TPSA) is 93.5 Å². The Balaban J connectivity index is 1.57. The quantitative estimate of drug-likeness (QED) is 0.805. The summed E-state index contributed by atoms with van der Waals surface area (Å²) in [6, 6.07) is 11.3. The molecule has 1 aromatic carbocycles. The number of hydrogen-bond donors (Lipinski definition) is 1. The highest BCUT2D eigenvalue weighted by molar-refractivity contribution is 5.75. The van der Waals surface area contributed by atoms with Crippen LogP contribution in [0, 0.1) is 0 Å². The zero-order valence-corrected chi connectivity index (χ0v) is 15.9.